The summed E-state index contributed by atoms with van der Waals surface area (Å²) in [5.74, 6) is -0.430. The summed E-state index contributed by atoms with van der Waals surface area (Å²) in [6.45, 7) is 0. The van der Waals surface area contributed by atoms with Crippen molar-refractivity contribution in [2.24, 2.45) is 0 Å². The van der Waals surface area contributed by atoms with E-state index >= 15 is 0 Å². The third-order valence-corrected chi connectivity index (χ3v) is 3.07. The van der Waals surface area contributed by atoms with Crippen molar-refractivity contribution in [2.45, 2.75) is 44.6 Å². The van der Waals surface area contributed by atoms with E-state index in [1.54, 1.807) is 6.07 Å². The Morgan fingerprint density at radius 2 is 1.94 bits per heavy atom. The molecule has 0 unspecified atom stereocenters. The van der Waals surface area contributed by atoms with Crippen LogP contribution in [0.1, 0.15) is 48.9 Å². The first-order valence-electron chi connectivity index (χ1n) is 6.12. The number of ether oxygens (including phenoxy) is 1. The van der Waals surface area contributed by atoms with Gasteiger partial charge in [0.2, 0.25) is 5.88 Å². The Labute approximate surface area is 101 Å². The number of pyridine rings is 1. The highest BCUT2D eigenvalue weighted by Gasteiger charge is 2.14. The Kier molecular flexibility index (Phi) is 3.96. The van der Waals surface area contributed by atoms with Crippen LogP contribution in [0.25, 0.3) is 0 Å². The second-order valence-electron chi connectivity index (χ2n) is 4.42. The van der Waals surface area contributed by atoms with Gasteiger partial charge in [-0.25, -0.2) is 9.78 Å². The smallest absolute Gasteiger partial charge is 0.337 e. The molecule has 1 fully saturated rings. The molecule has 0 spiro atoms. The molecule has 0 bridgehead atoms. The van der Waals surface area contributed by atoms with Crippen LogP contribution in [-0.4, -0.2) is 22.2 Å². The van der Waals surface area contributed by atoms with Gasteiger partial charge in [0, 0.05) is 12.3 Å². The SMILES string of the molecule is O=C(O)c1ccc(OC2CCCCCC2)nc1. The maximum Gasteiger partial charge on any atom is 0.337 e. The normalized spacial score (nSPS) is 17.4. The van der Waals surface area contributed by atoms with Gasteiger partial charge in [-0.15, -0.1) is 0 Å². The van der Waals surface area contributed by atoms with E-state index < -0.39 is 5.97 Å². The summed E-state index contributed by atoms with van der Waals surface area (Å²) >= 11 is 0. The largest absolute Gasteiger partial charge is 0.478 e. The quantitative estimate of drug-likeness (QED) is 0.818. The minimum atomic E-state index is -0.960. The van der Waals surface area contributed by atoms with Gasteiger partial charge in [-0.05, 0) is 31.7 Å². The van der Waals surface area contributed by atoms with E-state index in [1.807, 2.05) is 0 Å². The highest BCUT2D eigenvalue weighted by Crippen LogP contribution is 2.21. The lowest BCUT2D eigenvalue weighted by Gasteiger charge is -2.15. The number of aromatic carboxylic acids is 1. The van der Waals surface area contributed by atoms with Crippen molar-refractivity contribution in [1.82, 2.24) is 4.98 Å². The molecule has 1 aromatic rings. The summed E-state index contributed by atoms with van der Waals surface area (Å²) in [5.41, 5.74) is 0.193. The number of hydrogen-bond donors (Lipinski definition) is 1. The van der Waals surface area contributed by atoms with E-state index in [0.29, 0.717) is 5.88 Å². The van der Waals surface area contributed by atoms with Crippen molar-refractivity contribution in [1.29, 1.82) is 0 Å². The Morgan fingerprint density at radius 3 is 2.47 bits per heavy atom. The molecular weight excluding hydrogens is 218 g/mol. The van der Waals surface area contributed by atoms with Crippen LogP contribution in [0.2, 0.25) is 0 Å². The number of carboxylic acids is 1. The van der Waals surface area contributed by atoms with Crippen molar-refractivity contribution in [3.8, 4) is 5.88 Å². The lowest BCUT2D eigenvalue weighted by atomic mass is 10.1. The number of carbonyl (C=O) groups is 1. The van der Waals surface area contributed by atoms with E-state index in [9.17, 15) is 4.79 Å². The molecule has 1 N–H and O–H groups in total. The van der Waals surface area contributed by atoms with Crippen molar-refractivity contribution in [3.63, 3.8) is 0 Å². The molecule has 0 aromatic carbocycles. The fourth-order valence-electron chi connectivity index (χ4n) is 2.11. The van der Waals surface area contributed by atoms with Crippen molar-refractivity contribution in [3.05, 3.63) is 23.9 Å². The predicted octanol–water partition coefficient (Wildman–Crippen LogP) is 2.88. The van der Waals surface area contributed by atoms with Gasteiger partial charge in [0.25, 0.3) is 0 Å². The highest BCUT2D eigenvalue weighted by molar-refractivity contribution is 5.87. The minimum Gasteiger partial charge on any atom is -0.478 e. The van der Waals surface area contributed by atoms with Crippen LogP contribution in [0, 0.1) is 0 Å². The van der Waals surface area contributed by atoms with E-state index in [0.717, 1.165) is 12.8 Å². The molecule has 1 aliphatic carbocycles. The van der Waals surface area contributed by atoms with Crippen LogP contribution in [-0.2, 0) is 0 Å². The van der Waals surface area contributed by atoms with Crippen LogP contribution in [0.5, 0.6) is 5.88 Å². The second-order valence-corrected chi connectivity index (χ2v) is 4.42. The van der Waals surface area contributed by atoms with Crippen LogP contribution >= 0.6 is 0 Å². The molecule has 92 valence electrons. The molecule has 1 aliphatic rings. The average Bonchev–Trinajstić information content (AvgIpc) is 2.58. The monoisotopic (exact) mass is 235 g/mol. The predicted molar refractivity (Wildman–Crippen MR) is 63.3 cm³/mol. The average molecular weight is 235 g/mol. The molecule has 0 saturated heterocycles. The molecule has 0 atom stereocenters. The number of rotatable bonds is 3. The van der Waals surface area contributed by atoms with E-state index in [1.165, 1.54) is 37.9 Å². The van der Waals surface area contributed by atoms with Crippen molar-refractivity contribution < 1.29 is 14.6 Å². The summed E-state index contributed by atoms with van der Waals surface area (Å²) < 4.78 is 5.77. The van der Waals surface area contributed by atoms with E-state index in [2.05, 4.69) is 4.98 Å². The third kappa shape index (κ3) is 3.44. The zero-order chi connectivity index (χ0) is 12.1. The first kappa shape index (κ1) is 11.9. The number of nitrogens with zero attached hydrogens (tertiary/aromatic N) is 1. The van der Waals surface area contributed by atoms with Gasteiger partial charge in [-0.2, -0.15) is 0 Å². The molecular formula is C13H17NO3. The zero-order valence-corrected chi connectivity index (χ0v) is 9.76. The summed E-state index contributed by atoms with van der Waals surface area (Å²) in [4.78, 5) is 14.7. The molecule has 1 heterocycles. The van der Waals surface area contributed by atoms with Gasteiger partial charge in [0.05, 0.1) is 5.56 Å². The Hall–Kier alpha value is -1.58. The standard InChI is InChI=1S/C13H17NO3/c15-13(16)10-7-8-12(14-9-10)17-11-5-3-1-2-4-6-11/h7-9,11H,1-6H2,(H,15,16). The van der Waals surface area contributed by atoms with Gasteiger partial charge >= 0.3 is 5.97 Å². The molecule has 0 radical (unpaired) electrons. The first-order chi connectivity index (χ1) is 8.25. The fourth-order valence-corrected chi connectivity index (χ4v) is 2.11. The third-order valence-electron chi connectivity index (χ3n) is 3.07. The summed E-state index contributed by atoms with van der Waals surface area (Å²) in [5, 5.41) is 8.75. The summed E-state index contributed by atoms with van der Waals surface area (Å²) in [6.07, 6.45) is 8.70. The molecule has 4 heteroatoms. The lowest BCUT2D eigenvalue weighted by Crippen LogP contribution is -2.15. The molecule has 0 aliphatic heterocycles. The van der Waals surface area contributed by atoms with Gasteiger partial charge < -0.3 is 9.84 Å². The van der Waals surface area contributed by atoms with Crippen molar-refractivity contribution in [2.75, 3.05) is 0 Å². The van der Waals surface area contributed by atoms with Crippen molar-refractivity contribution >= 4 is 5.97 Å². The molecule has 1 saturated carbocycles. The topological polar surface area (TPSA) is 59.4 Å². The van der Waals surface area contributed by atoms with Crippen LogP contribution in [0.4, 0.5) is 0 Å². The number of carboxylic acid groups (broad SMARTS) is 1. The van der Waals surface area contributed by atoms with Crippen LogP contribution in [0.3, 0.4) is 0 Å². The Morgan fingerprint density at radius 1 is 1.24 bits per heavy atom. The maximum absolute atomic E-state index is 10.7. The lowest BCUT2D eigenvalue weighted by molar-refractivity contribution is 0.0696. The van der Waals surface area contributed by atoms with Crippen LogP contribution in [0.15, 0.2) is 18.3 Å². The molecule has 0 amide bonds. The van der Waals surface area contributed by atoms with Crippen LogP contribution < -0.4 is 4.74 Å². The number of aromatic nitrogens is 1. The molecule has 17 heavy (non-hydrogen) atoms. The highest BCUT2D eigenvalue weighted by atomic mass is 16.5. The first-order valence-corrected chi connectivity index (χ1v) is 6.12. The summed E-state index contributed by atoms with van der Waals surface area (Å²) in [7, 11) is 0. The zero-order valence-electron chi connectivity index (χ0n) is 9.76. The van der Waals surface area contributed by atoms with E-state index in [4.69, 9.17) is 9.84 Å². The molecule has 2 rings (SSSR count). The minimum absolute atomic E-state index is 0.193. The summed E-state index contributed by atoms with van der Waals surface area (Å²) in [6, 6.07) is 3.16. The van der Waals surface area contributed by atoms with E-state index in [-0.39, 0.29) is 11.7 Å². The fraction of sp³-hybridized carbons (Fsp3) is 0.538. The molecule has 1 aromatic heterocycles. The van der Waals surface area contributed by atoms with Gasteiger partial charge in [0.15, 0.2) is 0 Å². The second kappa shape index (κ2) is 5.66. The Bertz CT molecular complexity index is 367. The Balaban J connectivity index is 1.95. The van der Waals surface area contributed by atoms with Gasteiger partial charge in [0.1, 0.15) is 6.10 Å². The molecule has 4 nitrogen and oxygen atoms in total. The maximum atomic E-state index is 10.7. The number of hydrogen-bond acceptors (Lipinski definition) is 3. The van der Waals surface area contributed by atoms with Gasteiger partial charge in [-0.3, -0.25) is 0 Å². The van der Waals surface area contributed by atoms with Gasteiger partial charge in [-0.1, -0.05) is 12.8 Å².